The minimum absolute atomic E-state index is 0.217. The number of hydrogen-bond acceptors (Lipinski definition) is 7. The van der Waals surface area contributed by atoms with Gasteiger partial charge >= 0.3 is 5.97 Å². The van der Waals surface area contributed by atoms with E-state index in [-0.39, 0.29) is 12.2 Å². The smallest absolute Gasteiger partial charge is 0.338 e. The largest absolute Gasteiger partial charge is 0.493 e. The van der Waals surface area contributed by atoms with Crippen LogP contribution in [-0.4, -0.2) is 24.3 Å². The van der Waals surface area contributed by atoms with Crippen molar-refractivity contribution >= 4 is 35.0 Å². The van der Waals surface area contributed by atoms with E-state index in [1.54, 1.807) is 43.7 Å². The summed E-state index contributed by atoms with van der Waals surface area (Å²) >= 11 is 7.87. The van der Waals surface area contributed by atoms with E-state index in [0.29, 0.717) is 49.3 Å². The third-order valence-corrected chi connectivity index (χ3v) is 7.95. The number of rotatable bonds is 8. The molecule has 0 radical (unpaired) electrons. The molecular weight excluding hydrogens is 560 g/mol. The van der Waals surface area contributed by atoms with Crippen molar-refractivity contribution in [2.45, 2.75) is 33.4 Å². The summed E-state index contributed by atoms with van der Waals surface area (Å²) in [5.74, 6) is 0.382. The molecule has 0 N–H and O–H groups in total. The van der Waals surface area contributed by atoms with Gasteiger partial charge in [-0.3, -0.25) is 9.36 Å². The fraction of sp³-hybridized carbons (Fsp3) is 0.219. The quantitative estimate of drug-likeness (QED) is 0.259. The third kappa shape index (κ3) is 5.85. The van der Waals surface area contributed by atoms with Crippen LogP contribution in [-0.2, 0) is 16.1 Å². The number of carbonyl (C=O) groups is 1. The molecule has 0 saturated carbocycles. The number of allylic oxidation sites excluding steroid dienone is 1. The highest BCUT2D eigenvalue weighted by molar-refractivity contribution is 7.07. The summed E-state index contributed by atoms with van der Waals surface area (Å²) in [5.41, 5.74) is 4.12. The first-order chi connectivity index (χ1) is 19.8. The fourth-order valence-electron chi connectivity index (χ4n) is 4.70. The molecule has 7 nitrogen and oxygen atoms in total. The average Bonchev–Trinajstić information content (AvgIpc) is 3.26. The number of halogens is 1. The maximum absolute atomic E-state index is 13.9. The van der Waals surface area contributed by atoms with Crippen LogP contribution in [0.15, 0.2) is 87.8 Å². The van der Waals surface area contributed by atoms with Crippen molar-refractivity contribution in [2.24, 2.45) is 4.99 Å². The van der Waals surface area contributed by atoms with Crippen LogP contribution in [0.4, 0.5) is 0 Å². The molecule has 0 fully saturated rings. The summed E-state index contributed by atoms with van der Waals surface area (Å²) in [6.07, 6.45) is 1.74. The normalized spacial score (nSPS) is 14.9. The molecule has 4 aromatic rings. The number of methoxy groups -OCH3 is 1. The van der Waals surface area contributed by atoms with Crippen LogP contribution in [0.5, 0.6) is 11.5 Å². The van der Waals surface area contributed by atoms with Gasteiger partial charge in [-0.15, -0.1) is 0 Å². The first kappa shape index (κ1) is 28.4. The number of fused-ring (bicyclic) bond motifs is 1. The van der Waals surface area contributed by atoms with Gasteiger partial charge < -0.3 is 14.2 Å². The van der Waals surface area contributed by atoms with Crippen molar-refractivity contribution in [1.82, 2.24) is 4.57 Å². The van der Waals surface area contributed by atoms with E-state index in [4.69, 9.17) is 25.8 Å². The van der Waals surface area contributed by atoms with Crippen molar-refractivity contribution in [3.8, 4) is 11.5 Å². The molecule has 0 amide bonds. The molecule has 0 aliphatic carbocycles. The van der Waals surface area contributed by atoms with Crippen LogP contribution in [0.2, 0.25) is 5.02 Å². The maximum atomic E-state index is 13.9. The minimum Gasteiger partial charge on any atom is -0.493 e. The van der Waals surface area contributed by atoms with E-state index >= 15 is 0 Å². The van der Waals surface area contributed by atoms with E-state index in [1.807, 2.05) is 61.5 Å². The first-order valence-electron chi connectivity index (χ1n) is 13.1. The highest BCUT2D eigenvalue weighted by atomic mass is 35.5. The summed E-state index contributed by atoms with van der Waals surface area (Å²) in [7, 11) is 1.54. The second kappa shape index (κ2) is 12.2. The number of ether oxygens (including phenoxy) is 3. The lowest BCUT2D eigenvalue weighted by molar-refractivity contribution is -0.139. The van der Waals surface area contributed by atoms with Crippen molar-refractivity contribution < 1.29 is 19.0 Å². The molecule has 0 spiro atoms. The highest BCUT2D eigenvalue weighted by Gasteiger charge is 2.33. The van der Waals surface area contributed by atoms with Crippen LogP contribution in [0, 0.1) is 6.92 Å². The Balaban J connectivity index is 1.58. The Kier molecular flexibility index (Phi) is 8.42. The number of nitrogens with zero attached hydrogens (tertiary/aromatic N) is 2. The zero-order valence-electron chi connectivity index (χ0n) is 23.1. The summed E-state index contributed by atoms with van der Waals surface area (Å²) < 4.78 is 18.9. The molecule has 1 aliphatic heterocycles. The summed E-state index contributed by atoms with van der Waals surface area (Å²) in [5, 5.41) is 0.359. The molecule has 3 aromatic carbocycles. The molecule has 0 unspecified atom stereocenters. The van der Waals surface area contributed by atoms with Crippen molar-refractivity contribution in [3.05, 3.63) is 125 Å². The van der Waals surface area contributed by atoms with Crippen molar-refractivity contribution in [2.75, 3.05) is 13.7 Å². The van der Waals surface area contributed by atoms with Crippen molar-refractivity contribution in [3.63, 3.8) is 0 Å². The van der Waals surface area contributed by atoms with E-state index in [0.717, 1.165) is 16.7 Å². The van der Waals surface area contributed by atoms with Gasteiger partial charge in [0.05, 0.1) is 40.6 Å². The monoisotopic (exact) mass is 588 g/mol. The number of thiazole rings is 1. The number of aromatic nitrogens is 1. The van der Waals surface area contributed by atoms with E-state index in [1.165, 1.54) is 11.3 Å². The van der Waals surface area contributed by atoms with Crippen LogP contribution in [0.3, 0.4) is 0 Å². The number of benzene rings is 3. The zero-order valence-corrected chi connectivity index (χ0v) is 24.7. The van der Waals surface area contributed by atoms with Crippen LogP contribution in [0.1, 0.15) is 42.1 Å². The summed E-state index contributed by atoms with van der Waals surface area (Å²) in [6, 6.07) is 20.4. The predicted molar refractivity (Wildman–Crippen MR) is 160 cm³/mol. The van der Waals surface area contributed by atoms with Gasteiger partial charge in [-0.25, -0.2) is 9.79 Å². The third-order valence-electron chi connectivity index (χ3n) is 6.69. The van der Waals surface area contributed by atoms with E-state index < -0.39 is 12.0 Å². The Morgan fingerprint density at radius 1 is 1.10 bits per heavy atom. The SMILES string of the molecule is CCOC(=O)C1=C(C)N=c2s/c(=C/c3cc(Cl)c(OCc4ccccc4)c(OC)c3)c(=O)n2[C@H]1c1ccc(C)cc1. The molecule has 9 heteroatoms. The lowest BCUT2D eigenvalue weighted by atomic mass is 9.95. The molecule has 210 valence electrons. The Morgan fingerprint density at radius 2 is 1.83 bits per heavy atom. The Bertz CT molecular complexity index is 1810. The highest BCUT2D eigenvalue weighted by Crippen LogP contribution is 2.37. The molecular formula is C32H29ClN2O5S. The molecule has 1 aromatic heterocycles. The van der Waals surface area contributed by atoms with Gasteiger partial charge in [0.15, 0.2) is 16.3 Å². The van der Waals surface area contributed by atoms with Crippen LogP contribution >= 0.6 is 22.9 Å². The molecule has 5 rings (SSSR count). The van der Waals surface area contributed by atoms with Gasteiger partial charge in [-0.1, -0.05) is 83.1 Å². The second-order valence-electron chi connectivity index (χ2n) is 9.52. The molecule has 0 saturated heterocycles. The van der Waals surface area contributed by atoms with Gasteiger partial charge in [0, 0.05) is 0 Å². The van der Waals surface area contributed by atoms with Crippen molar-refractivity contribution in [1.29, 1.82) is 0 Å². The number of esters is 1. The molecule has 0 bridgehead atoms. The van der Waals surface area contributed by atoms with Crippen LogP contribution < -0.4 is 24.4 Å². The van der Waals surface area contributed by atoms with Crippen LogP contribution in [0.25, 0.3) is 6.08 Å². The standard InChI is InChI=1S/C32H29ClN2O5S/c1-5-39-31(37)27-20(3)34-32-35(28(27)23-13-11-19(2)12-14-23)30(36)26(41-32)17-22-15-24(33)29(25(16-22)38-4)40-18-21-9-7-6-8-10-21/h6-17,28H,5,18H2,1-4H3/b26-17+/t28-/m0/s1. The lowest BCUT2D eigenvalue weighted by Gasteiger charge is -2.24. The number of carbonyl (C=O) groups excluding carboxylic acids is 1. The summed E-state index contributed by atoms with van der Waals surface area (Å²) in [4.78, 5) is 32.1. The zero-order chi connectivity index (χ0) is 29.1. The molecule has 1 aliphatic rings. The fourth-order valence-corrected chi connectivity index (χ4v) is 6.02. The summed E-state index contributed by atoms with van der Waals surface area (Å²) in [6.45, 7) is 6.05. The molecule has 1 atom stereocenters. The van der Waals surface area contributed by atoms with E-state index in [9.17, 15) is 9.59 Å². The minimum atomic E-state index is -0.667. The second-order valence-corrected chi connectivity index (χ2v) is 10.9. The average molecular weight is 589 g/mol. The number of aryl methyl sites for hydroxylation is 1. The van der Waals surface area contributed by atoms with Gasteiger partial charge in [-0.05, 0) is 55.7 Å². The van der Waals surface area contributed by atoms with Gasteiger partial charge in [0.2, 0.25) is 0 Å². The Labute approximate surface area is 246 Å². The van der Waals surface area contributed by atoms with Gasteiger partial charge in [-0.2, -0.15) is 0 Å². The molecule has 2 heterocycles. The first-order valence-corrected chi connectivity index (χ1v) is 14.3. The predicted octanol–water partition coefficient (Wildman–Crippen LogP) is 5.35. The Morgan fingerprint density at radius 3 is 2.51 bits per heavy atom. The van der Waals surface area contributed by atoms with Gasteiger partial charge in [0.25, 0.3) is 5.56 Å². The maximum Gasteiger partial charge on any atom is 0.338 e. The topological polar surface area (TPSA) is 79.1 Å². The number of hydrogen-bond donors (Lipinski definition) is 0. The lowest BCUT2D eigenvalue weighted by Crippen LogP contribution is -2.39. The Hall–Kier alpha value is -4.14. The molecule has 41 heavy (non-hydrogen) atoms. The van der Waals surface area contributed by atoms with Gasteiger partial charge in [0.1, 0.15) is 6.61 Å². The van der Waals surface area contributed by atoms with E-state index in [2.05, 4.69) is 4.99 Å².